The Kier molecular flexibility index (Phi) is 5.59. The predicted molar refractivity (Wildman–Crippen MR) is 136 cm³/mol. The van der Waals surface area contributed by atoms with Gasteiger partial charge in [-0.3, -0.25) is 0 Å². The van der Waals surface area contributed by atoms with Crippen molar-refractivity contribution in [3.8, 4) is 11.4 Å². The van der Waals surface area contributed by atoms with E-state index in [0.717, 1.165) is 53.8 Å². The van der Waals surface area contributed by atoms with Crippen molar-refractivity contribution in [1.29, 1.82) is 0 Å². The van der Waals surface area contributed by atoms with E-state index in [0.29, 0.717) is 5.92 Å². The third-order valence-corrected chi connectivity index (χ3v) is 7.80. The Hall–Kier alpha value is -2.82. The number of para-hydroxylation sites is 2. The molecule has 5 nitrogen and oxygen atoms in total. The monoisotopic (exact) mass is 457 g/mol. The topological polar surface area (TPSA) is 47.4 Å². The second-order valence-electron chi connectivity index (χ2n) is 10.7. The molecule has 2 aromatic carbocycles. The molecule has 178 valence electrons. The van der Waals surface area contributed by atoms with Crippen LogP contribution in [0.1, 0.15) is 71.3 Å². The molecule has 34 heavy (non-hydrogen) atoms. The zero-order chi connectivity index (χ0) is 23.2. The lowest BCUT2D eigenvalue weighted by Gasteiger charge is -2.28. The average Bonchev–Trinajstić information content (AvgIpc) is 3.78. The van der Waals surface area contributed by atoms with Crippen LogP contribution in [0.5, 0.6) is 0 Å². The quantitative estimate of drug-likeness (QED) is 0.379. The fraction of sp³-hybridized carbons (Fsp3) is 0.517. The van der Waals surface area contributed by atoms with Gasteiger partial charge in [0.05, 0.1) is 11.0 Å². The molecule has 3 aliphatic carbocycles. The van der Waals surface area contributed by atoms with E-state index in [9.17, 15) is 4.79 Å². The van der Waals surface area contributed by atoms with Crippen molar-refractivity contribution < 1.29 is 9.53 Å². The van der Waals surface area contributed by atoms with Gasteiger partial charge in [-0.25, -0.2) is 9.78 Å². The third-order valence-electron chi connectivity index (χ3n) is 7.80. The predicted octanol–water partition coefficient (Wildman–Crippen LogP) is 6.52. The van der Waals surface area contributed by atoms with Crippen molar-refractivity contribution >= 4 is 22.7 Å². The largest absolute Gasteiger partial charge is 0.461 e. The standard InChI is InChI=1S/C29H35N3O2/c1-19-6-5-7-25(18-19)34-29(33)20(2)31-27-9-4-3-8-26(27)30-28(31)21-10-12-22(13-11-21)32(23-14-15-23)24-16-17-24/h3-4,8-13,19-20,23-25H,5-7,14-18H2,1-2H3/t19?,20-,25?/m1/s1. The summed E-state index contributed by atoms with van der Waals surface area (Å²) in [5.74, 6) is 1.29. The Balaban J connectivity index is 1.30. The minimum atomic E-state index is -0.436. The molecule has 1 aromatic heterocycles. The molecule has 0 amide bonds. The Morgan fingerprint density at radius 2 is 1.71 bits per heavy atom. The molecule has 5 heteroatoms. The zero-order valence-corrected chi connectivity index (χ0v) is 20.3. The van der Waals surface area contributed by atoms with Crippen LogP contribution in [-0.2, 0) is 9.53 Å². The number of carbonyl (C=O) groups is 1. The number of imidazole rings is 1. The van der Waals surface area contributed by atoms with Crippen molar-refractivity contribution in [2.75, 3.05) is 4.90 Å². The van der Waals surface area contributed by atoms with Gasteiger partial charge in [-0.15, -0.1) is 0 Å². The molecule has 3 fully saturated rings. The number of fused-ring (bicyclic) bond motifs is 1. The molecule has 2 unspecified atom stereocenters. The molecule has 6 rings (SSSR count). The second kappa shape index (κ2) is 8.75. The summed E-state index contributed by atoms with van der Waals surface area (Å²) < 4.78 is 8.08. The fourth-order valence-corrected chi connectivity index (χ4v) is 5.70. The van der Waals surface area contributed by atoms with Crippen LogP contribution in [0.4, 0.5) is 5.69 Å². The Labute approximate surface area is 202 Å². The molecule has 3 saturated carbocycles. The zero-order valence-electron chi connectivity index (χ0n) is 20.3. The summed E-state index contributed by atoms with van der Waals surface area (Å²) in [6, 6.07) is 17.9. The number of hydrogen-bond acceptors (Lipinski definition) is 4. The van der Waals surface area contributed by atoms with Gasteiger partial charge >= 0.3 is 5.97 Å². The first-order valence-electron chi connectivity index (χ1n) is 13.1. The van der Waals surface area contributed by atoms with Crippen LogP contribution in [0.25, 0.3) is 22.4 Å². The molecule has 0 bridgehead atoms. The molecule has 1 heterocycles. The normalized spacial score (nSPS) is 23.6. The molecule has 0 N–H and O–H groups in total. The van der Waals surface area contributed by atoms with E-state index in [1.54, 1.807) is 0 Å². The van der Waals surface area contributed by atoms with Gasteiger partial charge < -0.3 is 14.2 Å². The number of carbonyl (C=O) groups excluding carboxylic acids is 1. The molecular formula is C29H35N3O2. The highest BCUT2D eigenvalue weighted by Gasteiger charge is 2.39. The van der Waals surface area contributed by atoms with E-state index in [4.69, 9.17) is 9.72 Å². The first kappa shape index (κ1) is 21.7. The number of esters is 1. The summed E-state index contributed by atoms with van der Waals surface area (Å²) in [4.78, 5) is 20.9. The summed E-state index contributed by atoms with van der Waals surface area (Å²) in [6.07, 6.45) is 9.59. The minimum Gasteiger partial charge on any atom is -0.461 e. The van der Waals surface area contributed by atoms with Crippen LogP contribution in [0.15, 0.2) is 48.5 Å². The molecule has 3 aliphatic rings. The average molecular weight is 458 g/mol. The van der Waals surface area contributed by atoms with Gasteiger partial charge in [0, 0.05) is 23.3 Å². The molecule has 0 saturated heterocycles. The number of hydrogen-bond donors (Lipinski definition) is 0. The summed E-state index contributed by atoms with van der Waals surface area (Å²) in [5.41, 5.74) is 4.23. The molecule has 0 radical (unpaired) electrons. The van der Waals surface area contributed by atoms with Gasteiger partial charge in [0.1, 0.15) is 18.0 Å². The summed E-state index contributed by atoms with van der Waals surface area (Å²) in [7, 11) is 0. The number of nitrogens with zero attached hydrogens (tertiary/aromatic N) is 3. The maximum Gasteiger partial charge on any atom is 0.329 e. The number of anilines is 1. The van der Waals surface area contributed by atoms with Crippen molar-refractivity contribution in [2.24, 2.45) is 5.92 Å². The number of rotatable bonds is 7. The lowest BCUT2D eigenvalue weighted by Crippen LogP contribution is -2.29. The van der Waals surface area contributed by atoms with Crippen molar-refractivity contribution in [2.45, 2.75) is 89.4 Å². The molecule has 0 spiro atoms. The van der Waals surface area contributed by atoms with Crippen molar-refractivity contribution in [1.82, 2.24) is 9.55 Å². The van der Waals surface area contributed by atoms with Gasteiger partial charge in [0.2, 0.25) is 0 Å². The van der Waals surface area contributed by atoms with Crippen LogP contribution in [0.3, 0.4) is 0 Å². The van der Waals surface area contributed by atoms with Gasteiger partial charge in [-0.1, -0.05) is 25.5 Å². The fourth-order valence-electron chi connectivity index (χ4n) is 5.70. The van der Waals surface area contributed by atoms with Crippen LogP contribution in [0, 0.1) is 5.92 Å². The third kappa shape index (κ3) is 4.21. The number of aromatic nitrogens is 2. The summed E-state index contributed by atoms with van der Waals surface area (Å²) >= 11 is 0. The Morgan fingerprint density at radius 1 is 1.00 bits per heavy atom. The maximum absolute atomic E-state index is 13.3. The van der Waals surface area contributed by atoms with Crippen LogP contribution >= 0.6 is 0 Å². The van der Waals surface area contributed by atoms with Gasteiger partial charge in [-0.2, -0.15) is 0 Å². The summed E-state index contributed by atoms with van der Waals surface area (Å²) in [5, 5.41) is 0. The minimum absolute atomic E-state index is 0.0343. The first-order valence-corrected chi connectivity index (χ1v) is 13.1. The molecule has 3 atom stereocenters. The van der Waals surface area contributed by atoms with Crippen molar-refractivity contribution in [3.63, 3.8) is 0 Å². The van der Waals surface area contributed by atoms with Gasteiger partial charge in [0.15, 0.2) is 0 Å². The van der Waals surface area contributed by atoms with Crippen LogP contribution in [-0.4, -0.2) is 33.7 Å². The van der Waals surface area contributed by atoms with Crippen LogP contribution in [0.2, 0.25) is 0 Å². The van der Waals surface area contributed by atoms with E-state index in [-0.39, 0.29) is 12.1 Å². The second-order valence-corrected chi connectivity index (χ2v) is 10.7. The summed E-state index contributed by atoms with van der Waals surface area (Å²) in [6.45, 7) is 4.20. The SMILES string of the molecule is CC1CCCC(OC(=O)[C@@H](C)n2c(-c3ccc(N(C4CC4)C4CC4)cc3)nc3ccccc32)C1. The van der Waals surface area contributed by atoms with Crippen molar-refractivity contribution in [3.05, 3.63) is 48.5 Å². The maximum atomic E-state index is 13.3. The lowest BCUT2D eigenvalue weighted by atomic mass is 9.89. The molecule has 3 aromatic rings. The Morgan fingerprint density at radius 3 is 2.38 bits per heavy atom. The molecule has 0 aliphatic heterocycles. The first-order chi connectivity index (χ1) is 16.6. The highest BCUT2D eigenvalue weighted by Crippen LogP contribution is 2.41. The van der Waals surface area contributed by atoms with Crippen LogP contribution < -0.4 is 4.90 Å². The van der Waals surface area contributed by atoms with Gasteiger partial charge in [0.25, 0.3) is 0 Å². The molecular weight excluding hydrogens is 422 g/mol. The highest BCUT2D eigenvalue weighted by molar-refractivity contribution is 5.85. The van der Waals surface area contributed by atoms with E-state index in [1.165, 1.54) is 37.8 Å². The van der Waals surface area contributed by atoms with E-state index in [2.05, 4.69) is 46.7 Å². The Bertz CT molecular complexity index is 1160. The number of ether oxygens (including phenoxy) is 1. The van der Waals surface area contributed by atoms with E-state index < -0.39 is 6.04 Å². The number of benzene rings is 2. The van der Waals surface area contributed by atoms with Gasteiger partial charge in [-0.05, 0) is 94.2 Å². The van der Waals surface area contributed by atoms with E-state index >= 15 is 0 Å². The smallest absolute Gasteiger partial charge is 0.329 e. The highest BCUT2D eigenvalue weighted by atomic mass is 16.5. The van der Waals surface area contributed by atoms with E-state index in [1.807, 2.05) is 25.1 Å². The lowest BCUT2D eigenvalue weighted by molar-refractivity contribution is -0.154.